The highest BCUT2D eigenvalue weighted by Gasteiger charge is 2.04. The normalized spacial score (nSPS) is 11.0. The summed E-state index contributed by atoms with van der Waals surface area (Å²) in [7, 11) is 0. The monoisotopic (exact) mass is 278 g/mol. The predicted octanol–water partition coefficient (Wildman–Crippen LogP) is 2.92. The van der Waals surface area contributed by atoms with Crippen LogP contribution in [0.3, 0.4) is 0 Å². The third kappa shape index (κ3) is 2.77. The highest BCUT2D eigenvalue weighted by atomic mass is 127. The Hall–Kier alpha value is -0.0600. The van der Waals surface area contributed by atoms with Crippen molar-refractivity contribution < 1.29 is 0 Å². The fraction of sp³-hybridized carbons (Fsp3) is 0.667. The minimum absolute atomic E-state index is 0.778. The summed E-state index contributed by atoms with van der Waals surface area (Å²) >= 11 is 2.29. The molecule has 0 amide bonds. The van der Waals surface area contributed by atoms with Crippen LogP contribution in [0.15, 0.2) is 12.4 Å². The highest BCUT2D eigenvalue weighted by molar-refractivity contribution is 14.1. The molecule has 1 aromatic rings. The topological polar surface area (TPSA) is 17.8 Å². The average molecular weight is 278 g/mol. The molecule has 0 aromatic carbocycles. The van der Waals surface area contributed by atoms with Crippen molar-refractivity contribution in [3.8, 4) is 0 Å². The van der Waals surface area contributed by atoms with Crippen molar-refractivity contribution in [2.75, 3.05) is 0 Å². The number of halogens is 1. The number of aromatic nitrogens is 2. The molecule has 0 aliphatic carbocycles. The first-order chi connectivity index (χ1) is 5.76. The van der Waals surface area contributed by atoms with E-state index in [1.807, 2.05) is 10.9 Å². The van der Waals surface area contributed by atoms with Gasteiger partial charge in [-0.3, -0.25) is 4.68 Å². The summed E-state index contributed by atoms with van der Waals surface area (Å²) in [5, 5.41) is 4.26. The summed E-state index contributed by atoms with van der Waals surface area (Å²) < 4.78 is 3.26. The van der Waals surface area contributed by atoms with Crippen LogP contribution in [0.1, 0.15) is 26.7 Å². The Kier molecular flexibility index (Phi) is 4.05. The molecular formula is C9H15IN2. The zero-order chi connectivity index (χ0) is 8.97. The van der Waals surface area contributed by atoms with E-state index >= 15 is 0 Å². The maximum Gasteiger partial charge on any atom is 0.0623 e. The molecule has 0 atom stereocenters. The Morgan fingerprint density at radius 3 is 2.58 bits per heavy atom. The first-order valence-electron chi connectivity index (χ1n) is 4.44. The molecule has 0 bridgehead atoms. The van der Waals surface area contributed by atoms with Gasteiger partial charge in [0.05, 0.1) is 9.77 Å². The second-order valence-electron chi connectivity index (χ2n) is 3.06. The predicted molar refractivity (Wildman–Crippen MR) is 59.0 cm³/mol. The van der Waals surface area contributed by atoms with Gasteiger partial charge in [-0.25, -0.2) is 0 Å². The van der Waals surface area contributed by atoms with Gasteiger partial charge in [0, 0.05) is 12.7 Å². The maximum absolute atomic E-state index is 4.26. The van der Waals surface area contributed by atoms with Gasteiger partial charge in [-0.15, -0.1) is 0 Å². The second kappa shape index (κ2) is 4.84. The van der Waals surface area contributed by atoms with Gasteiger partial charge in [-0.05, 0) is 28.5 Å². The number of nitrogens with zero attached hydrogens (tertiary/aromatic N) is 2. The van der Waals surface area contributed by atoms with Crippen LogP contribution < -0.4 is 0 Å². The lowest BCUT2D eigenvalue weighted by Crippen LogP contribution is -2.09. The van der Waals surface area contributed by atoms with Crippen molar-refractivity contribution in [2.24, 2.45) is 5.92 Å². The van der Waals surface area contributed by atoms with Crippen LogP contribution in [0, 0.1) is 9.49 Å². The molecule has 1 aromatic heterocycles. The van der Waals surface area contributed by atoms with Gasteiger partial charge < -0.3 is 0 Å². The standard InChI is InChI=1S/C9H15IN2/c1-3-8(4-2)6-12-7-9(10)5-11-12/h5,7-8H,3-4,6H2,1-2H3. The summed E-state index contributed by atoms with van der Waals surface area (Å²) in [4.78, 5) is 0. The molecule has 0 N–H and O–H groups in total. The molecule has 0 aliphatic heterocycles. The highest BCUT2D eigenvalue weighted by Crippen LogP contribution is 2.11. The molecule has 0 fully saturated rings. The van der Waals surface area contributed by atoms with E-state index in [0.29, 0.717) is 0 Å². The van der Waals surface area contributed by atoms with E-state index in [1.54, 1.807) is 0 Å². The van der Waals surface area contributed by atoms with Crippen molar-refractivity contribution in [3.63, 3.8) is 0 Å². The van der Waals surface area contributed by atoms with Gasteiger partial charge in [-0.1, -0.05) is 26.7 Å². The molecule has 0 unspecified atom stereocenters. The first-order valence-corrected chi connectivity index (χ1v) is 5.52. The van der Waals surface area contributed by atoms with E-state index < -0.39 is 0 Å². The zero-order valence-corrected chi connectivity index (χ0v) is 9.78. The minimum atomic E-state index is 0.778. The van der Waals surface area contributed by atoms with Crippen LogP contribution in [0.25, 0.3) is 0 Å². The van der Waals surface area contributed by atoms with Crippen molar-refractivity contribution >= 4 is 22.6 Å². The first kappa shape index (κ1) is 10.0. The van der Waals surface area contributed by atoms with Crippen LogP contribution in [0.5, 0.6) is 0 Å². The molecule has 3 heteroatoms. The van der Waals surface area contributed by atoms with Gasteiger partial charge in [0.1, 0.15) is 0 Å². The Morgan fingerprint density at radius 1 is 1.50 bits per heavy atom. The van der Waals surface area contributed by atoms with Crippen LogP contribution in [0.4, 0.5) is 0 Å². The third-order valence-electron chi connectivity index (χ3n) is 2.20. The average Bonchev–Trinajstić information content (AvgIpc) is 2.47. The summed E-state index contributed by atoms with van der Waals surface area (Å²) in [5.74, 6) is 0.778. The lowest BCUT2D eigenvalue weighted by atomic mass is 10.0. The smallest absolute Gasteiger partial charge is 0.0623 e. The summed E-state index contributed by atoms with van der Waals surface area (Å²) in [6, 6.07) is 0. The Bertz CT molecular complexity index is 228. The molecule has 1 heterocycles. The van der Waals surface area contributed by atoms with Gasteiger partial charge in [0.15, 0.2) is 0 Å². The Balaban J connectivity index is 2.50. The summed E-state index contributed by atoms with van der Waals surface area (Å²) in [6.07, 6.45) is 6.49. The minimum Gasteiger partial charge on any atom is -0.271 e. The molecule has 0 spiro atoms. The number of hydrogen-bond donors (Lipinski definition) is 0. The summed E-state index contributed by atoms with van der Waals surface area (Å²) in [6.45, 7) is 5.54. The van der Waals surface area contributed by atoms with E-state index in [-0.39, 0.29) is 0 Å². The maximum atomic E-state index is 4.26. The Morgan fingerprint density at radius 2 is 2.17 bits per heavy atom. The van der Waals surface area contributed by atoms with Crippen LogP contribution >= 0.6 is 22.6 Å². The molecule has 1 rings (SSSR count). The second-order valence-corrected chi connectivity index (χ2v) is 4.31. The molecule has 2 nitrogen and oxygen atoms in total. The van der Waals surface area contributed by atoms with Crippen LogP contribution in [0.2, 0.25) is 0 Å². The van der Waals surface area contributed by atoms with Crippen molar-refractivity contribution in [3.05, 3.63) is 16.0 Å². The molecule has 68 valence electrons. The van der Waals surface area contributed by atoms with E-state index in [9.17, 15) is 0 Å². The van der Waals surface area contributed by atoms with E-state index in [4.69, 9.17) is 0 Å². The van der Waals surface area contributed by atoms with E-state index in [1.165, 1.54) is 16.4 Å². The zero-order valence-electron chi connectivity index (χ0n) is 7.63. The van der Waals surface area contributed by atoms with Gasteiger partial charge in [0.2, 0.25) is 0 Å². The molecular weight excluding hydrogens is 263 g/mol. The van der Waals surface area contributed by atoms with Gasteiger partial charge >= 0.3 is 0 Å². The lowest BCUT2D eigenvalue weighted by molar-refractivity contribution is 0.396. The molecule has 0 radical (unpaired) electrons. The van der Waals surface area contributed by atoms with Crippen molar-refractivity contribution in [1.29, 1.82) is 0 Å². The SMILES string of the molecule is CCC(CC)Cn1cc(I)cn1. The third-order valence-corrected chi connectivity index (χ3v) is 2.76. The van der Waals surface area contributed by atoms with E-state index in [2.05, 4.69) is 47.7 Å². The largest absolute Gasteiger partial charge is 0.271 e. The molecule has 0 saturated heterocycles. The van der Waals surface area contributed by atoms with Gasteiger partial charge in [0.25, 0.3) is 0 Å². The molecule has 0 saturated carbocycles. The molecule has 0 aliphatic rings. The lowest BCUT2D eigenvalue weighted by Gasteiger charge is -2.11. The number of hydrogen-bond acceptors (Lipinski definition) is 1. The fourth-order valence-electron chi connectivity index (χ4n) is 1.25. The van der Waals surface area contributed by atoms with Crippen LogP contribution in [-0.4, -0.2) is 9.78 Å². The molecule has 12 heavy (non-hydrogen) atoms. The summed E-state index contributed by atoms with van der Waals surface area (Å²) in [5.41, 5.74) is 0. The van der Waals surface area contributed by atoms with Gasteiger partial charge in [-0.2, -0.15) is 5.10 Å². The van der Waals surface area contributed by atoms with Crippen molar-refractivity contribution in [1.82, 2.24) is 9.78 Å². The quantitative estimate of drug-likeness (QED) is 0.774. The Labute approximate surface area is 87.5 Å². The fourth-order valence-corrected chi connectivity index (χ4v) is 1.70. The number of rotatable bonds is 4. The van der Waals surface area contributed by atoms with E-state index in [0.717, 1.165) is 12.5 Å². The van der Waals surface area contributed by atoms with Crippen molar-refractivity contribution in [2.45, 2.75) is 33.2 Å². The van der Waals surface area contributed by atoms with Crippen LogP contribution in [-0.2, 0) is 6.54 Å².